The van der Waals surface area contributed by atoms with Crippen molar-refractivity contribution in [3.8, 4) is 0 Å². The number of amides is 3. The lowest BCUT2D eigenvalue weighted by Crippen LogP contribution is -2.57. The van der Waals surface area contributed by atoms with E-state index < -0.39 is 47.5 Å². The molecule has 3 rings (SSSR count). The van der Waals surface area contributed by atoms with E-state index in [1.54, 1.807) is 0 Å². The van der Waals surface area contributed by atoms with E-state index in [0.29, 0.717) is 25.2 Å². The van der Waals surface area contributed by atoms with Crippen LogP contribution in [0.5, 0.6) is 0 Å². The van der Waals surface area contributed by atoms with Crippen molar-refractivity contribution in [2.45, 2.75) is 89.3 Å². The van der Waals surface area contributed by atoms with Crippen molar-refractivity contribution < 1.29 is 33.0 Å². The zero-order chi connectivity index (χ0) is 31.4. The number of unbranched alkanes of at least 4 members (excludes halogenated alkanes) is 1. The average molecular weight is 605 g/mol. The van der Waals surface area contributed by atoms with Gasteiger partial charge in [0.05, 0.1) is 19.3 Å². The lowest BCUT2D eigenvalue weighted by Gasteiger charge is -2.40. The molecule has 2 aromatic rings. The van der Waals surface area contributed by atoms with Gasteiger partial charge in [0.15, 0.2) is 5.79 Å². The highest BCUT2D eigenvalue weighted by molar-refractivity contribution is 5.87. The van der Waals surface area contributed by atoms with E-state index in [2.05, 4.69) is 17.6 Å². The van der Waals surface area contributed by atoms with Gasteiger partial charge in [0.25, 0.3) is 0 Å². The first kappa shape index (κ1) is 34.4. The Morgan fingerprint density at radius 1 is 1.07 bits per heavy atom. The second-order valence-corrected chi connectivity index (χ2v) is 11.2. The Balaban J connectivity index is 1.90. The maximum Gasteiger partial charge on any atom is 0.315 e. The minimum Gasteiger partial charge on any atom is -0.390 e. The van der Waals surface area contributed by atoms with E-state index >= 15 is 0 Å². The number of urea groups is 1. The molecule has 0 radical (unpaired) electrons. The van der Waals surface area contributed by atoms with Gasteiger partial charge in [-0.05, 0) is 54.5 Å². The van der Waals surface area contributed by atoms with Crippen LogP contribution in [0.1, 0.15) is 62.6 Å². The maximum atomic E-state index is 14.3. The van der Waals surface area contributed by atoms with Crippen LogP contribution in [-0.2, 0) is 33.7 Å². The second-order valence-electron chi connectivity index (χ2n) is 11.2. The Hall–Kier alpha value is -3.12. The third-order valence-corrected chi connectivity index (χ3v) is 7.66. The molecule has 0 aromatic heterocycles. The van der Waals surface area contributed by atoms with Crippen molar-refractivity contribution in [2.75, 3.05) is 26.8 Å². The summed E-state index contributed by atoms with van der Waals surface area (Å²) in [7, 11) is 1.46. The first-order valence-corrected chi connectivity index (χ1v) is 15.1. The quantitative estimate of drug-likeness (QED) is 0.245. The first-order chi connectivity index (χ1) is 20.6. The highest BCUT2D eigenvalue weighted by Gasteiger charge is 2.41. The normalized spacial score (nSPS) is 16.6. The van der Waals surface area contributed by atoms with Crippen molar-refractivity contribution in [3.63, 3.8) is 0 Å². The number of halogens is 2. The van der Waals surface area contributed by atoms with Gasteiger partial charge in [0, 0.05) is 45.1 Å². The molecule has 11 heteroatoms. The molecule has 43 heavy (non-hydrogen) atoms. The number of aliphatic hydroxyl groups excluding tert-OH is 1. The van der Waals surface area contributed by atoms with Gasteiger partial charge in [0.2, 0.25) is 5.91 Å². The molecule has 3 atom stereocenters. The number of benzene rings is 2. The smallest absolute Gasteiger partial charge is 0.315 e. The van der Waals surface area contributed by atoms with E-state index in [1.807, 2.05) is 31.2 Å². The van der Waals surface area contributed by atoms with Crippen LogP contribution in [0.4, 0.5) is 13.6 Å². The predicted molar refractivity (Wildman–Crippen MR) is 160 cm³/mol. The topological polar surface area (TPSA) is 126 Å². The number of nitrogens with zero attached hydrogens (tertiary/aromatic N) is 1. The van der Waals surface area contributed by atoms with Gasteiger partial charge in [-0.25, -0.2) is 13.6 Å². The van der Waals surface area contributed by atoms with Crippen molar-refractivity contribution in [1.29, 1.82) is 0 Å². The summed E-state index contributed by atoms with van der Waals surface area (Å²) < 4.78 is 39.7. The summed E-state index contributed by atoms with van der Waals surface area (Å²) in [4.78, 5) is 28.3. The van der Waals surface area contributed by atoms with E-state index in [0.717, 1.165) is 55.0 Å². The molecule has 5 N–H and O–H groups in total. The first-order valence-electron chi connectivity index (χ1n) is 15.1. The molecule has 0 aliphatic carbocycles. The number of nitrogens with one attached hydrogen (secondary N) is 2. The number of carbonyl (C=O) groups is 2. The minimum absolute atomic E-state index is 0.00900. The molecular formula is C32H46F2N4O5. The molecule has 3 amide bonds. The van der Waals surface area contributed by atoms with E-state index in [4.69, 9.17) is 15.2 Å². The molecule has 1 saturated heterocycles. The van der Waals surface area contributed by atoms with Gasteiger partial charge in [0.1, 0.15) is 17.7 Å². The Bertz CT molecular complexity index is 1170. The molecule has 0 unspecified atom stereocenters. The Morgan fingerprint density at radius 2 is 1.74 bits per heavy atom. The van der Waals surface area contributed by atoms with E-state index in [-0.39, 0.29) is 25.9 Å². The molecule has 0 spiro atoms. The van der Waals surface area contributed by atoms with Gasteiger partial charge in [-0.1, -0.05) is 44.5 Å². The monoisotopic (exact) mass is 604 g/mol. The molecule has 0 bridgehead atoms. The predicted octanol–water partition coefficient (Wildman–Crippen LogP) is 3.80. The summed E-state index contributed by atoms with van der Waals surface area (Å²) >= 11 is 0. The number of nitrogens with two attached hydrogens (primary N) is 1. The number of rotatable bonds is 15. The standard InChI is InChI=1S/C32H46F2N4O5/c1-4-6-11-32(42-12-8-13-43-32)19-28(37-31(41)36-3)30(40)38(20-23-10-7-9-22(5-2)14-23)21-29(39)27(35)17-24-15-25(33)18-26(34)16-24/h7,9-10,14-16,18,27-29,39H,4-6,8,11-13,17,19-21,35H2,1-3H3,(H2,36,37,41)/t27-,28+,29+/m0/s1. The van der Waals surface area contributed by atoms with Gasteiger partial charge in [-0.15, -0.1) is 0 Å². The molecule has 1 aliphatic heterocycles. The number of hydrogen-bond donors (Lipinski definition) is 4. The fraction of sp³-hybridized carbons (Fsp3) is 0.562. The summed E-state index contributed by atoms with van der Waals surface area (Å²) in [6.45, 7) is 5.00. The van der Waals surface area contributed by atoms with Crippen LogP contribution >= 0.6 is 0 Å². The van der Waals surface area contributed by atoms with Gasteiger partial charge >= 0.3 is 6.03 Å². The van der Waals surface area contributed by atoms with Crippen molar-refractivity contribution in [2.24, 2.45) is 5.73 Å². The molecule has 9 nitrogen and oxygen atoms in total. The number of hydrogen-bond acceptors (Lipinski definition) is 6. The molecule has 1 heterocycles. The Kier molecular flexibility index (Phi) is 13.3. The lowest BCUT2D eigenvalue weighted by atomic mass is 9.97. The highest BCUT2D eigenvalue weighted by Crippen LogP contribution is 2.31. The van der Waals surface area contributed by atoms with Gasteiger partial charge < -0.3 is 35.8 Å². The highest BCUT2D eigenvalue weighted by atomic mass is 19.1. The van der Waals surface area contributed by atoms with Crippen molar-refractivity contribution in [3.05, 3.63) is 70.8 Å². The van der Waals surface area contributed by atoms with Crippen LogP contribution in [0, 0.1) is 11.6 Å². The third-order valence-electron chi connectivity index (χ3n) is 7.66. The van der Waals surface area contributed by atoms with Crippen LogP contribution in [-0.4, -0.2) is 72.7 Å². The largest absolute Gasteiger partial charge is 0.390 e. The molecule has 2 aromatic carbocycles. The Morgan fingerprint density at radius 3 is 2.37 bits per heavy atom. The fourth-order valence-corrected chi connectivity index (χ4v) is 5.29. The average Bonchev–Trinajstić information content (AvgIpc) is 2.99. The van der Waals surface area contributed by atoms with Crippen LogP contribution < -0.4 is 16.4 Å². The van der Waals surface area contributed by atoms with Gasteiger partial charge in [-0.2, -0.15) is 0 Å². The van der Waals surface area contributed by atoms with Gasteiger partial charge in [-0.3, -0.25) is 4.79 Å². The maximum absolute atomic E-state index is 14.3. The summed E-state index contributed by atoms with van der Waals surface area (Å²) in [5, 5.41) is 16.4. The van der Waals surface area contributed by atoms with Crippen molar-refractivity contribution in [1.82, 2.24) is 15.5 Å². The molecule has 238 valence electrons. The summed E-state index contributed by atoms with van der Waals surface area (Å²) in [5.41, 5.74) is 8.50. The van der Waals surface area contributed by atoms with Crippen LogP contribution in [0.15, 0.2) is 42.5 Å². The Labute approximate surface area is 253 Å². The zero-order valence-corrected chi connectivity index (χ0v) is 25.4. The van der Waals surface area contributed by atoms with E-state index in [1.165, 1.54) is 11.9 Å². The molecular weight excluding hydrogens is 558 g/mol. The summed E-state index contributed by atoms with van der Waals surface area (Å²) in [6.07, 6.45) is 2.63. The SMILES string of the molecule is CCCCC1(C[C@@H](NC(=O)NC)C(=O)N(Cc2cccc(CC)c2)C[C@@H](O)[C@@H](N)Cc2cc(F)cc(F)c2)OCCCO1. The number of aryl methyl sites for hydroxylation is 1. The van der Waals surface area contributed by atoms with E-state index in [9.17, 15) is 23.5 Å². The zero-order valence-electron chi connectivity index (χ0n) is 25.4. The van der Waals surface area contributed by atoms with Crippen molar-refractivity contribution >= 4 is 11.9 Å². The van der Waals surface area contributed by atoms with Crippen LogP contribution in [0.2, 0.25) is 0 Å². The van der Waals surface area contributed by atoms with Crippen LogP contribution in [0.25, 0.3) is 0 Å². The van der Waals surface area contributed by atoms with Crippen LogP contribution in [0.3, 0.4) is 0 Å². The number of aliphatic hydroxyl groups is 1. The summed E-state index contributed by atoms with van der Waals surface area (Å²) in [5.74, 6) is -2.96. The third kappa shape index (κ3) is 10.5. The molecule has 1 aliphatic rings. The summed E-state index contributed by atoms with van der Waals surface area (Å²) in [6, 6.07) is 8.36. The number of carbonyl (C=O) groups excluding carboxylic acids is 2. The minimum atomic E-state index is -1.23. The fourth-order valence-electron chi connectivity index (χ4n) is 5.29. The molecule has 1 fully saturated rings. The number of ether oxygens (including phenoxy) is 2. The second kappa shape index (κ2) is 16.7. The lowest BCUT2D eigenvalue weighted by molar-refractivity contribution is -0.275. The molecule has 0 saturated carbocycles.